The van der Waals surface area contributed by atoms with Crippen LogP contribution in [-0.4, -0.2) is 23.6 Å². The minimum Gasteiger partial charge on any atom is -0.459 e. The number of hydrogen-bond donors (Lipinski definition) is 0. The van der Waals surface area contributed by atoms with E-state index in [2.05, 4.69) is 5.16 Å². The van der Waals surface area contributed by atoms with Crippen LogP contribution in [0.15, 0.2) is 52.4 Å². The third-order valence-corrected chi connectivity index (χ3v) is 5.42. The summed E-state index contributed by atoms with van der Waals surface area (Å²) < 4.78 is 10.6. The quantitative estimate of drug-likeness (QED) is 0.599. The van der Waals surface area contributed by atoms with E-state index in [9.17, 15) is 9.59 Å². The van der Waals surface area contributed by atoms with Crippen LogP contribution in [0.4, 0.5) is 5.69 Å². The zero-order valence-electron chi connectivity index (χ0n) is 14.1. The molecule has 3 aromatic rings. The van der Waals surface area contributed by atoms with E-state index in [0.717, 1.165) is 10.6 Å². The summed E-state index contributed by atoms with van der Waals surface area (Å²) >= 11 is 7.42. The molecule has 0 radical (unpaired) electrons. The first kappa shape index (κ1) is 17.8. The fourth-order valence-corrected chi connectivity index (χ4v) is 3.71. The molecule has 3 heterocycles. The van der Waals surface area contributed by atoms with Crippen molar-refractivity contribution < 1.29 is 18.8 Å². The number of amides is 1. The van der Waals surface area contributed by atoms with Crippen LogP contribution >= 0.6 is 22.9 Å². The molecule has 1 aliphatic heterocycles. The molecule has 6 nitrogen and oxygen atoms in total. The molecule has 8 heteroatoms. The van der Waals surface area contributed by atoms with Crippen molar-refractivity contribution >= 4 is 40.5 Å². The molecule has 0 spiro atoms. The van der Waals surface area contributed by atoms with E-state index in [0.29, 0.717) is 23.0 Å². The van der Waals surface area contributed by atoms with Gasteiger partial charge in [0.15, 0.2) is 5.76 Å². The van der Waals surface area contributed by atoms with Gasteiger partial charge in [-0.25, -0.2) is 0 Å². The van der Waals surface area contributed by atoms with Crippen LogP contribution in [0.5, 0.6) is 0 Å². The molecule has 4 rings (SSSR count). The lowest BCUT2D eigenvalue weighted by Gasteiger charge is -2.16. The average molecular weight is 403 g/mol. The normalized spacial score (nSPS) is 16.7. The predicted octanol–water partition coefficient (Wildman–Crippen LogP) is 4.15. The average Bonchev–Trinajstić information content (AvgIpc) is 3.41. The lowest BCUT2D eigenvalue weighted by molar-refractivity contribution is -0.149. The standard InChI is InChI=1S/C19H15ClN2O4S/c20-13-3-5-15(6-4-13)22-10-12(8-18(22)23)19(24)25-11-14-9-16(26-21-14)17-2-1-7-27-17/h1-7,9,12H,8,10-11H2. The van der Waals surface area contributed by atoms with Crippen molar-refractivity contribution in [2.24, 2.45) is 5.92 Å². The molecule has 1 aromatic carbocycles. The smallest absolute Gasteiger partial charge is 0.311 e. The first-order valence-corrected chi connectivity index (χ1v) is 9.58. The number of hydrogen-bond acceptors (Lipinski definition) is 6. The monoisotopic (exact) mass is 402 g/mol. The Morgan fingerprint density at radius 3 is 2.89 bits per heavy atom. The zero-order valence-corrected chi connectivity index (χ0v) is 15.7. The number of carbonyl (C=O) groups is 2. The minimum atomic E-state index is -0.503. The van der Waals surface area contributed by atoms with E-state index in [1.165, 1.54) is 0 Å². The van der Waals surface area contributed by atoms with Crippen LogP contribution in [0, 0.1) is 5.92 Å². The van der Waals surface area contributed by atoms with E-state index in [1.54, 1.807) is 46.6 Å². The Morgan fingerprint density at radius 1 is 1.33 bits per heavy atom. The van der Waals surface area contributed by atoms with Gasteiger partial charge in [-0.15, -0.1) is 11.3 Å². The van der Waals surface area contributed by atoms with Crippen LogP contribution in [-0.2, 0) is 20.9 Å². The van der Waals surface area contributed by atoms with Crippen molar-refractivity contribution in [3.8, 4) is 10.6 Å². The Hall–Kier alpha value is -2.64. The van der Waals surface area contributed by atoms with E-state index in [-0.39, 0.29) is 18.9 Å². The Bertz CT molecular complexity index is 953. The third-order valence-electron chi connectivity index (χ3n) is 4.28. The molecule has 0 N–H and O–H groups in total. The number of halogens is 1. The van der Waals surface area contributed by atoms with Crippen molar-refractivity contribution in [1.29, 1.82) is 0 Å². The minimum absolute atomic E-state index is 0.0132. The van der Waals surface area contributed by atoms with Gasteiger partial charge in [-0.1, -0.05) is 22.8 Å². The lowest BCUT2D eigenvalue weighted by atomic mass is 10.1. The van der Waals surface area contributed by atoms with Gasteiger partial charge < -0.3 is 14.2 Å². The number of ether oxygens (including phenoxy) is 1. The van der Waals surface area contributed by atoms with E-state index in [4.69, 9.17) is 20.9 Å². The molecule has 1 saturated heterocycles. The molecule has 138 valence electrons. The number of benzene rings is 1. The van der Waals surface area contributed by atoms with Crippen molar-refractivity contribution in [2.75, 3.05) is 11.4 Å². The molecule has 27 heavy (non-hydrogen) atoms. The fourth-order valence-electron chi connectivity index (χ4n) is 2.91. The molecule has 1 aliphatic rings. The molecule has 1 fully saturated rings. The maximum Gasteiger partial charge on any atom is 0.311 e. The topological polar surface area (TPSA) is 72.6 Å². The van der Waals surface area contributed by atoms with Gasteiger partial charge in [0, 0.05) is 29.7 Å². The number of rotatable bonds is 5. The summed E-state index contributed by atoms with van der Waals surface area (Å²) in [6.07, 6.45) is 0.126. The van der Waals surface area contributed by atoms with Gasteiger partial charge in [0.05, 0.1) is 10.8 Å². The van der Waals surface area contributed by atoms with E-state index < -0.39 is 11.9 Å². The largest absolute Gasteiger partial charge is 0.459 e. The van der Waals surface area contributed by atoms with Gasteiger partial charge in [0.1, 0.15) is 12.3 Å². The van der Waals surface area contributed by atoms with Gasteiger partial charge in [-0.3, -0.25) is 9.59 Å². The highest BCUT2D eigenvalue weighted by Gasteiger charge is 2.36. The molecule has 1 amide bonds. The molecule has 0 bridgehead atoms. The Morgan fingerprint density at radius 2 is 2.15 bits per heavy atom. The Kier molecular flexibility index (Phi) is 4.96. The first-order valence-electron chi connectivity index (χ1n) is 8.32. The molecule has 0 aliphatic carbocycles. The van der Waals surface area contributed by atoms with Gasteiger partial charge >= 0.3 is 5.97 Å². The number of aromatic nitrogens is 1. The number of esters is 1. The predicted molar refractivity (Wildman–Crippen MR) is 102 cm³/mol. The Balaban J connectivity index is 1.35. The Labute approximate surface area is 164 Å². The van der Waals surface area contributed by atoms with Crippen LogP contribution < -0.4 is 4.90 Å². The van der Waals surface area contributed by atoms with E-state index in [1.807, 2.05) is 17.5 Å². The second-order valence-corrected chi connectivity index (χ2v) is 7.53. The molecular formula is C19H15ClN2O4S. The molecule has 1 unspecified atom stereocenters. The fraction of sp³-hybridized carbons (Fsp3) is 0.211. The summed E-state index contributed by atoms with van der Waals surface area (Å²) in [6, 6.07) is 12.5. The zero-order chi connectivity index (χ0) is 18.8. The number of anilines is 1. The van der Waals surface area contributed by atoms with Crippen molar-refractivity contribution in [2.45, 2.75) is 13.0 Å². The maximum absolute atomic E-state index is 12.4. The number of nitrogens with zero attached hydrogens (tertiary/aromatic N) is 2. The highest BCUT2D eigenvalue weighted by atomic mass is 35.5. The summed E-state index contributed by atoms with van der Waals surface area (Å²) in [4.78, 5) is 27.1. The molecular weight excluding hydrogens is 388 g/mol. The first-order chi connectivity index (χ1) is 13.1. The van der Waals surface area contributed by atoms with Crippen LogP contribution in [0.3, 0.4) is 0 Å². The summed E-state index contributed by atoms with van der Waals surface area (Å²) in [7, 11) is 0. The summed E-state index contributed by atoms with van der Waals surface area (Å²) in [5, 5.41) is 6.46. The molecule has 2 aromatic heterocycles. The van der Waals surface area contributed by atoms with Crippen molar-refractivity contribution in [3.05, 3.63) is 58.6 Å². The van der Waals surface area contributed by atoms with Gasteiger partial charge in [0.2, 0.25) is 5.91 Å². The molecule has 0 saturated carbocycles. The lowest BCUT2D eigenvalue weighted by Crippen LogP contribution is -2.26. The highest BCUT2D eigenvalue weighted by molar-refractivity contribution is 7.13. The third kappa shape index (κ3) is 3.89. The van der Waals surface area contributed by atoms with Crippen LogP contribution in [0.2, 0.25) is 5.02 Å². The number of thiophene rings is 1. The highest BCUT2D eigenvalue weighted by Crippen LogP contribution is 2.28. The van der Waals surface area contributed by atoms with E-state index >= 15 is 0 Å². The second-order valence-electron chi connectivity index (χ2n) is 6.15. The van der Waals surface area contributed by atoms with Crippen LogP contribution in [0.1, 0.15) is 12.1 Å². The maximum atomic E-state index is 12.4. The molecule has 1 atom stereocenters. The number of carbonyl (C=O) groups excluding carboxylic acids is 2. The van der Waals surface area contributed by atoms with Gasteiger partial charge in [0.25, 0.3) is 0 Å². The second kappa shape index (κ2) is 7.54. The summed E-state index contributed by atoms with van der Waals surface area (Å²) in [5.74, 6) is -0.390. The summed E-state index contributed by atoms with van der Waals surface area (Å²) in [5.41, 5.74) is 1.25. The summed E-state index contributed by atoms with van der Waals surface area (Å²) in [6.45, 7) is 0.303. The van der Waals surface area contributed by atoms with Crippen molar-refractivity contribution in [3.63, 3.8) is 0 Å². The SMILES string of the molecule is O=C(OCc1cc(-c2cccs2)on1)C1CC(=O)N(c2ccc(Cl)cc2)C1. The van der Waals surface area contributed by atoms with Gasteiger partial charge in [-0.05, 0) is 35.7 Å². The van der Waals surface area contributed by atoms with Crippen LogP contribution in [0.25, 0.3) is 10.6 Å². The van der Waals surface area contributed by atoms with Gasteiger partial charge in [-0.2, -0.15) is 0 Å². The van der Waals surface area contributed by atoms with Crippen molar-refractivity contribution in [1.82, 2.24) is 5.16 Å².